The number of hydrogen-bond donors (Lipinski definition) is 0. The summed E-state index contributed by atoms with van der Waals surface area (Å²) in [5.41, 5.74) is 0.281. The first kappa shape index (κ1) is 11.8. The summed E-state index contributed by atoms with van der Waals surface area (Å²) >= 11 is 0. The van der Waals surface area contributed by atoms with Crippen molar-refractivity contribution in [3.05, 3.63) is 24.6 Å². The highest BCUT2D eigenvalue weighted by Crippen LogP contribution is 1.96. The third-order valence-corrected chi connectivity index (χ3v) is 1.17. The molecule has 0 N–H and O–H groups in total. The van der Waals surface area contributed by atoms with E-state index in [1.807, 2.05) is 0 Å². The minimum Gasteiger partial charge on any atom is -0.293 e. The molecule has 0 aromatic carbocycles. The molecule has 0 heterocycles. The summed E-state index contributed by atoms with van der Waals surface area (Å²) in [6.45, 7) is 5.15. The number of carbonyl (C=O) groups is 1. The molecule has 4 heteroatoms. The van der Waals surface area contributed by atoms with Gasteiger partial charge in [0, 0.05) is 5.57 Å². The number of hydrogen-bond acceptors (Lipinski definition) is 3. The van der Waals surface area contributed by atoms with E-state index in [0.717, 1.165) is 0 Å². The molecule has 3 nitrogen and oxygen atoms in total. The van der Waals surface area contributed by atoms with Gasteiger partial charge >= 0.3 is 5.97 Å². The Labute approximate surface area is 76.8 Å². The summed E-state index contributed by atoms with van der Waals surface area (Å²) in [4.78, 5) is 19.6. The Balaban J connectivity index is 3.26. The van der Waals surface area contributed by atoms with Crippen molar-refractivity contribution in [1.29, 1.82) is 0 Å². The monoisotopic (exact) mass is 188 g/mol. The summed E-state index contributed by atoms with van der Waals surface area (Å²) < 4.78 is 11.4. The Morgan fingerprint density at radius 2 is 2.31 bits per heavy atom. The molecule has 0 aromatic heterocycles. The smallest absolute Gasteiger partial charge is 0.293 e. The molecule has 0 bridgehead atoms. The van der Waals surface area contributed by atoms with Gasteiger partial charge in [-0.3, -0.25) is 4.89 Å². The topological polar surface area (TPSA) is 35.5 Å². The Bertz CT molecular complexity index is 199. The minimum absolute atomic E-state index is 0.253. The summed E-state index contributed by atoms with van der Waals surface area (Å²) in [6, 6.07) is 0. The zero-order valence-electron chi connectivity index (χ0n) is 7.59. The lowest BCUT2D eigenvalue weighted by atomic mass is 10.3. The molecule has 13 heavy (non-hydrogen) atoms. The molecular weight excluding hydrogens is 175 g/mol. The summed E-state index contributed by atoms with van der Waals surface area (Å²) in [5.74, 6) is -0.582. The van der Waals surface area contributed by atoms with E-state index in [0.29, 0.717) is 19.2 Å². The van der Waals surface area contributed by atoms with E-state index in [1.165, 1.54) is 13.0 Å². The van der Waals surface area contributed by atoms with Crippen LogP contribution in [-0.2, 0) is 14.6 Å². The highest BCUT2D eigenvalue weighted by molar-refractivity contribution is 5.86. The fourth-order valence-electron chi connectivity index (χ4n) is 0.489. The third kappa shape index (κ3) is 7.21. The molecule has 0 unspecified atom stereocenters. The van der Waals surface area contributed by atoms with Gasteiger partial charge in [-0.25, -0.2) is 9.18 Å². The first-order chi connectivity index (χ1) is 6.18. The van der Waals surface area contributed by atoms with Gasteiger partial charge in [0.25, 0.3) is 0 Å². The summed E-state index contributed by atoms with van der Waals surface area (Å²) in [7, 11) is 0. The van der Waals surface area contributed by atoms with Gasteiger partial charge in [-0.15, -0.1) is 0 Å². The van der Waals surface area contributed by atoms with E-state index >= 15 is 0 Å². The maximum Gasteiger partial charge on any atom is 0.368 e. The van der Waals surface area contributed by atoms with Crippen LogP contribution >= 0.6 is 0 Å². The predicted molar refractivity (Wildman–Crippen MR) is 46.3 cm³/mol. The average molecular weight is 188 g/mol. The maximum absolute atomic E-state index is 11.4. The van der Waals surface area contributed by atoms with Crippen molar-refractivity contribution in [2.75, 3.05) is 6.61 Å². The largest absolute Gasteiger partial charge is 0.368 e. The Morgan fingerprint density at radius 3 is 2.85 bits per heavy atom. The third-order valence-electron chi connectivity index (χ3n) is 1.17. The molecule has 0 amide bonds. The molecule has 0 saturated heterocycles. The maximum atomic E-state index is 11.4. The lowest BCUT2D eigenvalue weighted by molar-refractivity contribution is -0.268. The van der Waals surface area contributed by atoms with Gasteiger partial charge in [0.05, 0.1) is 12.9 Å². The molecule has 0 aliphatic carbocycles. The zero-order chi connectivity index (χ0) is 10.1. The summed E-state index contributed by atoms with van der Waals surface area (Å²) in [5, 5.41) is 0. The molecular formula is C9H13FO3. The highest BCUT2D eigenvalue weighted by Gasteiger charge is 2.02. The summed E-state index contributed by atoms with van der Waals surface area (Å²) in [6.07, 6.45) is 2.99. The first-order valence-corrected chi connectivity index (χ1v) is 3.93. The number of halogens is 1. The van der Waals surface area contributed by atoms with E-state index in [2.05, 4.69) is 16.4 Å². The quantitative estimate of drug-likeness (QED) is 0.277. The van der Waals surface area contributed by atoms with Crippen LogP contribution in [0.25, 0.3) is 0 Å². The fourth-order valence-corrected chi connectivity index (χ4v) is 0.489. The van der Waals surface area contributed by atoms with Crippen LogP contribution in [0.5, 0.6) is 0 Å². The van der Waals surface area contributed by atoms with Gasteiger partial charge in [-0.1, -0.05) is 12.7 Å². The SMILES string of the molecule is C=C(C)C(=O)OOCCCC=CF. The van der Waals surface area contributed by atoms with Gasteiger partial charge in [-0.05, 0) is 19.8 Å². The first-order valence-electron chi connectivity index (χ1n) is 3.93. The number of unbranched alkanes of at least 4 members (excludes halogenated alkanes) is 1. The van der Waals surface area contributed by atoms with Gasteiger partial charge in [0.2, 0.25) is 0 Å². The molecule has 0 fully saturated rings. The van der Waals surface area contributed by atoms with Crippen LogP contribution in [0.1, 0.15) is 19.8 Å². The van der Waals surface area contributed by atoms with Crippen LogP contribution in [-0.4, -0.2) is 12.6 Å². The van der Waals surface area contributed by atoms with E-state index < -0.39 is 5.97 Å². The van der Waals surface area contributed by atoms with Crippen LogP contribution < -0.4 is 0 Å². The van der Waals surface area contributed by atoms with Crippen molar-refractivity contribution in [3.63, 3.8) is 0 Å². The van der Waals surface area contributed by atoms with Gasteiger partial charge < -0.3 is 0 Å². The molecule has 0 aliphatic rings. The molecule has 74 valence electrons. The Morgan fingerprint density at radius 1 is 1.62 bits per heavy atom. The van der Waals surface area contributed by atoms with E-state index in [-0.39, 0.29) is 12.2 Å². The van der Waals surface area contributed by atoms with Crippen molar-refractivity contribution >= 4 is 5.97 Å². The van der Waals surface area contributed by atoms with Crippen molar-refractivity contribution in [2.45, 2.75) is 19.8 Å². The molecule has 0 spiro atoms. The van der Waals surface area contributed by atoms with Crippen LogP contribution in [0, 0.1) is 0 Å². The van der Waals surface area contributed by atoms with Crippen molar-refractivity contribution < 1.29 is 19.0 Å². The number of rotatable bonds is 6. The molecule has 0 saturated carbocycles. The van der Waals surface area contributed by atoms with E-state index in [1.54, 1.807) is 0 Å². The highest BCUT2D eigenvalue weighted by atomic mass is 19.1. The Hall–Kier alpha value is -1.16. The number of carbonyl (C=O) groups excluding carboxylic acids is 1. The van der Waals surface area contributed by atoms with Crippen molar-refractivity contribution in [1.82, 2.24) is 0 Å². The zero-order valence-corrected chi connectivity index (χ0v) is 7.59. The lowest BCUT2D eigenvalue weighted by Gasteiger charge is -2.01. The standard InChI is InChI=1S/C9H13FO3/c1-8(2)9(11)13-12-7-5-3-4-6-10/h4,6H,1,3,5,7H2,2H3. The van der Waals surface area contributed by atoms with Crippen molar-refractivity contribution in [2.24, 2.45) is 0 Å². The number of allylic oxidation sites excluding steroid dienone is 1. The van der Waals surface area contributed by atoms with Crippen molar-refractivity contribution in [3.8, 4) is 0 Å². The molecule has 0 rings (SSSR count). The predicted octanol–water partition coefficient (Wildman–Crippen LogP) is 2.30. The average Bonchev–Trinajstić information content (AvgIpc) is 2.10. The molecule has 0 atom stereocenters. The second-order valence-electron chi connectivity index (χ2n) is 2.48. The van der Waals surface area contributed by atoms with Crippen LogP contribution in [0.4, 0.5) is 4.39 Å². The van der Waals surface area contributed by atoms with Gasteiger partial charge in [0.1, 0.15) is 0 Å². The van der Waals surface area contributed by atoms with Crippen LogP contribution in [0.2, 0.25) is 0 Å². The Kier molecular flexibility index (Phi) is 6.82. The fraction of sp³-hybridized carbons (Fsp3) is 0.444. The van der Waals surface area contributed by atoms with Crippen LogP contribution in [0.15, 0.2) is 24.6 Å². The van der Waals surface area contributed by atoms with Gasteiger partial charge in [0.15, 0.2) is 0 Å². The molecule has 0 aliphatic heterocycles. The van der Waals surface area contributed by atoms with Gasteiger partial charge in [-0.2, -0.15) is 4.89 Å². The lowest BCUT2D eigenvalue weighted by Crippen LogP contribution is -2.06. The van der Waals surface area contributed by atoms with E-state index in [4.69, 9.17) is 0 Å². The molecule has 0 aromatic rings. The minimum atomic E-state index is -0.582. The second kappa shape index (κ2) is 7.49. The molecule has 0 radical (unpaired) electrons. The normalized spacial score (nSPS) is 10.3. The van der Waals surface area contributed by atoms with Crippen LogP contribution in [0.3, 0.4) is 0 Å². The second-order valence-corrected chi connectivity index (χ2v) is 2.48. The van der Waals surface area contributed by atoms with E-state index in [9.17, 15) is 9.18 Å².